The predicted octanol–water partition coefficient (Wildman–Crippen LogP) is -4.62. The number of nitrogens with one attached hydrogen (secondary N) is 2. The van der Waals surface area contributed by atoms with E-state index in [1.54, 1.807) is 0 Å². The Morgan fingerprint density at radius 2 is 2.09 bits per heavy atom. The lowest BCUT2D eigenvalue weighted by Crippen LogP contribution is -2.78. The van der Waals surface area contributed by atoms with Crippen LogP contribution in [0.5, 0.6) is 0 Å². The summed E-state index contributed by atoms with van der Waals surface area (Å²) in [7, 11) is 1.49. The van der Waals surface area contributed by atoms with E-state index in [0.717, 1.165) is 9.58 Å². The monoisotopic (exact) mass is 461 g/mol. The van der Waals surface area contributed by atoms with E-state index in [-0.39, 0.29) is 31.6 Å². The van der Waals surface area contributed by atoms with Gasteiger partial charge < -0.3 is 42.1 Å². The summed E-state index contributed by atoms with van der Waals surface area (Å²) in [5.74, 6) is -3.27. The number of aromatic nitrogens is 2. The molecule has 0 radical (unpaired) electrons. The molecule has 2 saturated heterocycles. The molecule has 4 aliphatic heterocycles. The molecule has 1 spiro atoms. The van der Waals surface area contributed by atoms with Gasteiger partial charge in [0, 0.05) is 26.0 Å². The molecule has 33 heavy (non-hydrogen) atoms. The van der Waals surface area contributed by atoms with Crippen molar-refractivity contribution in [2.45, 2.75) is 29.6 Å². The van der Waals surface area contributed by atoms with Crippen molar-refractivity contribution in [1.82, 2.24) is 35.1 Å². The fraction of sp³-hybridized carbons (Fsp3) is 0.529. The van der Waals surface area contributed by atoms with Gasteiger partial charge in [-0.25, -0.2) is 19.6 Å². The van der Waals surface area contributed by atoms with E-state index in [1.165, 1.54) is 35.3 Å². The molecule has 4 amide bonds. The van der Waals surface area contributed by atoms with Crippen LogP contribution in [0.2, 0.25) is 0 Å². The summed E-state index contributed by atoms with van der Waals surface area (Å²) in [5.41, 5.74) is 10.3. The summed E-state index contributed by atoms with van der Waals surface area (Å²) < 4.78 is 0.997. The third kappa shape index (κ3) is 2.77. The standard InChI is InChI=1S/C17H23N11O5/c1-25-7-10(29)26(15(25)31)5-8-11-16(24-12(18)23-11)17(32,33)9(6-27(16)13(19)21-8)22-14(30)28-4-2-3-20-28/h2-4,8-9,11,32-33H,5-7H2,1H3,(H2,19,21)(H,22,30)(H3,18,23,24)/t8?,9-,11?,16?/m0/s1. The van der Waals surface area contributed by atoms with Crippen molar-refractivity contribution in [2.75, 3.05) is 26.7 Å². The van der Waals surface area contributed by atoms with Crippen molar-refractivity contribution in [2.24, 2.45) is 21.5 Å². The quantitative estimate of drug-likeness (QED) is 0.187. The van der Waals surface area contributed by atoms with Gasteiger partial charge in [-0.2, -0.15) is 9.78 Å². The fourth-order valence-electron chi connectivity index (χ4n) is 4.88. The number of hydrogen-bond donors (Lipinski definition) is 6. The molecule has 1 aromatic rings. The molecule has 5 heterocycles. The van der Waals surface area contributed by atoms with Crippen molar-refractivity contribution in [1.29, 1.82) is 0 Å². The Kier molecular flexibility index (Phi) is 4.31. The van der Waals surface area contributed by atoms with Gasteiger partial charge in [0.1, 0.15) is 18.6 Å². The summed E-state index contributed by atoms with van der Waals surface area (Å²) in [6.07, 6.45) is 2.80. The molecule has 0 saturated carbocycles. The Morgan fingerprint density at radius 3 is 2.73 bits per heavy atom. The Balaban J connectivity index is 1.48. The maximum Gasteiger partial charge on any atom is 0.342 e. The van der Waals surface area contributed by atoms with Gasteiger partial charge in [0.05, 0.1) is 12.6 Å². The molecule has 2 fully saturated rings. The predicted molar refractivity (Wildman–Crippen MR) is 110 cm³/mol. The van der Waals surface area contributed by atoms with Crippen molar-refractivity contribution in [3.05, 3.63) is 18.5 Å². The number of imide groups is 1. The highest BCUT2D eigenvalue weighted by molar-refractivity contribution is 6.02. The van der Waals surface area contributed by atoms with Crippen molar-refractivity contribution >= 4 is 29.9 Å². The van der Waals surface area contributed by atoms with Gasteiger partial charge >= 0.3 is 12.1 Å². The van der Waals surface area contributed by atoms with Crippen LogP contribution < -0.4 is 22.1 Å². The van der Waals surface area contributed by atoms with Crippen LogP contribution in [0.25, 0.3) is 0 Å². The van der Waals surface area contributed by atoms with E-state index in [1.807, 2.05) is 0 Å². The first-order valence-corrected chi connectivity index (χ1v) is 10.1. The lowest BCUT2D eigenvalue weighted by atomic mass is 9.85. The zero-order chi connectivity index (χ0) is 23.7. The van der Waals surface area contributed by atoms with Gasteiger partial charge in [0.15, 0.2) is 17.6 Å². The van der Waals surface area contributed by atoms with Crippen molar-refractivity contribution in [3.63, 3.8) is 0 Å². The molecule has 16 heteroatoms. The topological polar surface area (TPSA) is 220 Å². The number of aliphatic imine (C=N–C) groups is 2. The zero-order valence-electron chi connectivity index (χ0n) is 17.5. The highest BCUT2D eigenvalue weighted by atomic mass is 16.5. The molecule has 5 rings (SSSR count). The number of guanidine groups is 2. The summed E-state index contributed by atoms with van der Waals surface area (Å²) in [6, 6.07) is -2.88. The Bertz CT molecular complexity index is 1090. The lowest BCUT2D eigenvalue weighted by Gasteiger charge is -2.49. The minimum absolute atomic E-state index is 0.0815. The third-order valence-electron chi connectivity index (χ3n) is 6.41. The number of urea groups is 1. The number of hydrogen-bond acceptors (Lipinski definition) is 12. The lowest BCUT2D eigenvalue weighted by molar-refractivity contribution is -0.230. The second-order valence-corrected chi connectivity index (χ2v) is 8.34. The molecule has 1 aromatic heterocycles. The van der Waals surface area contributed by atoms with E-state index >= 15 is 0 Å². The molecular weight excluding hydrogens is 438 g/mol. The van der Waals surface area contributed by atoms with Crippen molar-refractivity contribution in [3.8, 4) is 0 Å². The maximum atomic E-state index is 12.5. The number of likely N-dealkylation sites (N-methyl/N-ethyl adjacent to an activating group) is 1. The molecule has 4 aliphatic rings. The Hall–Kier alpha value is -3.92. The number of nitrogens with two attached hydrogens (primary N) is 2. The first-order chi connectivity index (χ1) is 15.6. The van der Waals surface area contributed by atoms with Crippen LogP contribution in [0.4, 0.5) is 9.59 Å². The maximum absolute atomic E-state index is 12.5. The number of carbonyl (C=O) groups is 3. The van der Waals surface area contributed by atoms with Crippen LogP contribution >= 0.6 is 0 Å². The number of rotatable bonds is 3. The smallest absolute Gasteiger partial charge is 0.342 e. The second kappa shape index (κ2) is 6.79. The molecule has 176 valence electrons. The summed E-state index contributed by atoms with van der Waals surface area (Å²) in [5, 5.41) is 31.8. The van der Waals surface area contributed by atoms with Crippen LogP contribution in [0.1, 0.15) is 0 Å². The minimum Gasteiger partial charge on any atom is -0.370 e. The normalized spacial score (nSPS) is 32.3. The van der Waals surface area contributed by atoms with Crippen LogP contribution in [0.15, 0.2) is 28.4 Å². The van der Waals surface area contributed by atoms with E-state index in [2.05, 4.69) is 25.7 Å². The minimum atomic E-state index is -2.64. The summed E-state index contributed by atoms with van der Waals surface area (Å²) in [4.78, 5) is 49.5. The zero-order valence-corrected chi connectivity index (χ0v) is 17.5. The summed E-state index contributed by atoms with van der Waals surface area (Å²) in [6.45, 7) is -0.414. The van der Waals surface area contributed by atoms with E-state index < -0.39 is 47.5 Å². The molecule has 8 N–H and O–H groups in total. The number of amides is 4. The van der Waals surface area contributed by atoms with Gasteiger partial charge in [0.25, 0.3) is 0 Å². The molecule has 0 bridgehead atoms. The third-order valence-corrected chi connectivity index (χ3v) is 6.41. The Morgan fingerprint density at radius 1 is 1.33 bits per heavy atom. The molecule has 16 nitrogen and oxygen atoms in total. The molecule has 4 atom stereocenters. The van der Waals surface area contributed by atoms with Crippen LogP contribution in [0, 0.1) is 0 Å². The number of nitrogens with zero attached hydrogens (tertiary/aromatic N) is 7. The SMILES string of the molecule is CN1CC(=O)N(CC2N=C(N)N3C[C@H](NC(=O)n4cccn4)C(O)(O)C34NC(N)=NC24)C1=O. The van der Waals surface area contributed by atoms with Crippen LogP contribution in [-0.2, 0) is 4.79 Å². The van der Waals surface area contributed by atoms with E-state index in [4.69, 9.17) is 11.5 Å². The van der Waals surface area contributed by atoms with Crippen LogP contribution in [-0.4, -0.2) is 121 Å². The first-order valence-electron chi connectivity index (χ1n) is 10.1. The molecule has 0 aliphatic carbocycles. The largest absolute Gasteiger partial charge is 0.370 e. The van der Waals surface area contributed by atoms with Gasteiger partial charge in [0.2, 0.25) is 11.7 Å². The molecule has 0 aromatic carbocycles. The van der Waals surface area contributed by atoms with Gasteiger partial charge in [-0.3, -0.25) is 9.69 Å². The number of aliphatic hydroxyl groups is 2. The molecular formula is C17H23N11O5. The number of carbonyl (C=O) groups excluding carboxylic acids is 3. The van der Waals surface area contributed by atoms with Gasteiger partial charge in [-0.1, -0.05) is 0 Å². The first kappa shape index (κ1) is 21.0. The van der Waals surface area contributed by atoms with Crippen molar-refractivity contribution < 1.29 is 24.6 Å². The van der Waals surface area contributed by atoms with Gasteiger partial charge in [-0.05, 0) is 6.07 Å². The Labute approximate surface area is 186 Å². The van der Waals surface area contributed by atoms with Gasteiger partial charge in [-0.15, -0.1) is 0 Å². The highest BCUT2D eigenvalue weighted by Gasteiger charge is 2.73. The highest BCUT2D eigenvalue weighted by Crippen LogP contribution is 2.45. The van der Waals surface area contributed by atoms with E-state index in [9.17, 15) is 24.6 Å². The van der Waals surface area contributed by atoms with Crippen LogP contribution in [0.3, 0.4) is 0 Å². The second-order valence-electron chi connectivity index (χ2n) is 8.34. The molecule has 3 unspecified atom stereocenters. The average molecular weight is 461 g/mol. The average Bonchev–Trinajstić information content (AvgIpc) is 3.48. The van der Waals surface area contributed by atoms with E-state index in [0.29, 0.717) is 0 Å². The fourth-order valence-corrected chi connectivity index (χ4v) is 4.88. The summed E-state index contributed by atoms with van der Waals surface area (Å²) >= 11 is 0.